The molecule has 0 atom stereocenters. The first-order valence-corrected chi connectivity index (χ1v) is 6.71. The van der Waals surface area contributed by atoms with Crippen LogP contribution in [0.3, 0.4) is 0 Å². The Kier molecular flexibility index (Phi) is 3.20. The Balaban J connectivity index is 2.12. The summed E-state index contributed by atoms with van der Waals surface area (Å²) in [4.78, 5) is 0. The third-order valence-electron chi connectivity index (χ3n) is 3.28. The van der Waals surface area contributed by atoms with Gasteiger partial charge in [-0.15, -0.1) is 0 Å². The van der Waals surface area contributed by atoms with Crippen molar-refractivity contribution in [3.05, 3.63) is 65.2 Å². The second-order valence-corrected chi connectivity index (χ2v) is 5.02. The summed E-state index contributed by atoms with van der Waals surface area (Å²) < 4.78 is 1.73. The minimum atomic E-state index is 0.602. The van der Waals surface area contributed by atoms with E-state index in [4.69, 9.17) is 17.3 Å². The lowest BCUT2D eigenvalue weighted by atomic mass is 10.1. The normalized spacial score (nSPS) is 10.7. The van der Waals surface area contributed by atoms with Crippen LogP contribution < -0.4 is 5.73 Å². The molecule has 20 heavy (non-hydrogen) atoms. The molecular formula is C16H14ClN3. The van der Waals surface area contributed by atoms with Gasteiger partial charge in [0.2, 0.25) is 0 Å². The van der Waals surface area contributed by atoms with E-state index in [0.29, 0.717) is 5.82 Å². The number of hydrogen-bond acceptors (Lipinski definition) is 2. The monoisotopic (exact) mass is 283 g/mol. The quantitative estimate of drug-likeness (QED) is 0.770. The molecule has 0 radical (unpaired) electrons. The van der Waals surface area contributed by atoms with Crippen molar-refractivity contribution < 1.29 is 0 Å². The average molecular weight is 284 g/mol. The van der Waals surface area contributed by atoms with Crippen LogP contribution >= 0.6 is 11.6 Å². The van der Waals surface area contributed by atoms with E-state index >= 15 is 0 Å². The van der Waals surface area contributed by atoms with Crippen LogP contribution in [-0.4, -0.2) is 9.78 Å². The fraction of sp³-hybridized carbons (Fsp3) is 0.0625. The molecule has 0 spiro atoms. The summed E-state index contributed by atoms with van der Waals surface area (Å²) in [6.45, 7) is 1.98. The molecule has 0 aliphatic rings. The second-order valence-electron chi connectivity index (χ2n) is 4.61. The third kappa shape index (κ3) is 2.17. The van der Waals surface area contributed by atoms with Gasteiger partial charge in [-0.3, -0.25) is 0 Å². The smallest absolute Gasteiger partial charge is 0.127 e. The summed E-state index contributed by atoms with van der Waals surface area (Å²) in [6, 6.07) is 17.5. The van der Waals surface area contributed by atoms with Crippen LogP contribution in [0.15, 0.2) is 54.6 Å². The van der Waals surface area contributed by atoms with Gasteiger partial charge in [0.05, 0.1) is 11.4 Å². The molecule has 100 valence electrons. The number of halogens is 1. The number of aromatic nitrogens is 2. The van der Waals surface area contributed by atoms with Gasteiger partial charge in [-0.25, -0.2) is 4.68 Å². The fourth-order valence-electron chi connectivity index (χ4n) is 2.19. The Labute approximate surface area is 122 Å². The van der Waals surface area contributed by atoms with Crippen LogP contribution in [0.5, 0.6) is 0 Å². The van der Waals surface area contributed by atoms with E-state index < -0.39 is 0 Å². The van der Waals surface area contributed by atoms with Gasteiger partial charge in [0.1, 0.15) is 5.82 Å². The molecule has 0 bridgehead atoms. The molecule has 4 heteroatoms. The minimum absolute atomic E-state index is 0.602. The second kappa shape index (κ2) is 5.02. The maximum absolute atomic E-state index is 6.16. The lowest BCUT2D eigenvalue weighted by molar-refractivity contribution is 0.895. The zero-order valence-corrected chi connectivity index (χ0v) is 11.8. The molecule has 0 aliphatic carbocycles. The highest BCUT2D eigenvalue weighted by Gasteiger charge is 2.11. The summed E-state index contributed by atoms with van der Waals surface area (Å²) in [5, 5.41) is 5.32. The minimum Gasteiger partial charge on any atom is -0.384 e. The molecule has 0 saturated heterocycles. The average Bonchev–Trinajstić information content (AvgIpc) is 2.85. The largest absolute Gasteiger partial charge is 0.384 e. The van der Waals surface area contributed by atoms with Crippen LogP contribution in [0, 0.1) is 6.92 Å². The molecular weight excluding hydrogens is 270 g/mol. The van der Waals surface area contributed by atoms with Crippen molar-refractivity contribution in [1.29, 1.82) is 0 Å². The van der Waals surface area contributed by atoms with Crippen molar-refractivity contribution in [1.82, 2.24) is 9.78 Å². The summed E-state index contributed by atoms with van der Waals surface area (Å²) >= 11 is 6.16. The van der Waals surface area contributed by atoms with Crippen LogP contribution in [0.25, 0.3) is 16.9 Å². The lowest BCUT2D eigenvalue weighted by Gasteiger charge is -2.04. The molecule has 0 unspecified atom stereocenters. The zero-order chi connectivity index (χ0) is 14.1. The standard InChI is InChI=1S/C16H14ClN3/c1-11-13(8-5-9-14(11)17)15-10-16(18)20(19-15)12-6-3-2-4-7-12/h2-10H,18H2,1H3. The molecule has 0 amide bonds. The molecule has 2 N–H and O–H groups in total. The number of nitrogen functional groups attached to an aromatic ring is 1. The maximum Gasteiger partial charge on any atom is 0.127 e. The highest BCUT2D eigenvalue weighted by molar-refractivity contribution is 6.31. The van der Waals surface area contributed by atoms with Gasteiger partial charge in [0.25, 0.3) is 0 Å². The first-order chi connectivity index (χ1) is 9.66. The third-order valence-corrected chi connectivity index (χ3v) is 3.69. The Morgan fingerprint density at radius 2 is 1.80 bits per heavy atom. The Morgan fingerprint density at radius 1 is 1.05 bits per heavy atom. The molecule has 0 aliphatic heterocycles. The number of para-hydroxylation sites is 1. The number of rotatable bonds is 2. The van der Waals surface area contributed by atoms with Crippen LogP contribution in [0.2, 0.25) is 5.02 Å². The van der Waals surface area contributed by atoms with E-state index in [1.807, 2.05) is 61.5 Å². The van der Waals surface area contributed by atoms with Crippen LogP contribution in [-0.2, 0) is 0 Å². The predicted octanol–water partition coefficient (Wildman–Crippen LogP) is 4.08. The van der Waals surface area contributed by atoms with Gasteiger partial charge in [0, 0.05) is 16.7 Å². The van der Waals surface area contributed by atoms with Gasteiger partial charge in [0.15, 0.2) is 0 Å². The van der Waals surface area contributed by atoms with Crippen molar-refractivity contribution in [3.8, 4) is 16.9 Å². The Morgan fingerprint density at radius 3 is 2.55 bits per heavy atom. The summed E-state index contributed by atoms with van der Waals surface area (Å²) in [6.07, 6.45) is 0. The topological polar surface area (TPSA) is 43.8 Å². The molecule has 1 aromatic heterocycles. The van der Waals surface area contributed by atoms with Crippen molar-refractivity contribution in [2.24, 2.45) is 0 Å². The predicted molar refractivity (Wildman–Crippen MR) is 83.2 cm³/mol. The highest BCUT2D eigenvalue weighted by Crippen LogP contribution is 2.29. The summed E-state index contributed by atoms with van der Waals surface area (Å²) in [5.41, 5.74) is 9.84. The highest BCUT2D eigenvalue weighted by atomic mass is 35.5. The van der Waals surface area contributed by atoms with Crippen molar-refractivity contribution in [2.75, 3.05) is 5.73 Å². The van der Waals surface area contributed by atoms with Gasteiger partial charge >= 0.3 is 0 Å². The SMILES string of the molecule is Cc1c(Cl)cccc1-c1cc(N)n(-c2ccccc2)n1. The van der Waals surface area contributed by atoms with E-state index in [1.165, 1.54) is 0 Å². The lowest BCUT2D eigenvalue weighted by Crippen LogP contribution is -2.01. The molecule has 2 aromatic carbocycles. The zero-order valence-electron chi connectivity index (χ0n) is 11.0. The Hall–Kier alpha value is -2.26. The van der Waals surface area contributed by atoms with Gasteiger partial charge in [-0.2, -0.15) is 5.10 Å². The number of anilines is 1. The van der Waals surface area contributed by atoms with Gasteiger partial charge < -0.3 is 5.73 Å². The molecule has 0 saturated carbocycles. The van der Waals surface area contributed by atoms with Crippen LogP contribution in [0.4, 0.5) is 5.82 Å². The van der Waals surface area contributed by atoms with Gasteiger partial charge in [-0.05, 0) is 30.7 Å². The summed E-state index contributed by atoms with van der Waals surface area (Å²) in [7, 11) is 0. The molecule has 3 rings (SSSR count). The summed E-state index contributed by atoms with van der Waals surface area (Å²) in [5.74, 6) is 0.602. The number of nitrogens with zero attached hydrogens (tertiary/aromatic N) is 2. The van der Waals surface area contributed by atoms with E-state index in [9.17, 15) is 0 Å². The first-order valence-electron chi connectivity index (χ1n) is 6.33. The van der Waals surface area contributed by atoms with E-state index in [-0.39, 0.29) is 0 Å². The van der Waals surface area contributed by atoms with Gasteiger partial charge in [-0.1, -0.05) is 41.9 Å². The first kappa shape index (κ1) is 12.8. The number of hydrogen-bond donors (Lipinski definition) is 1. The van der Waals surface area contributed by atoms with Crippen LogP contribution in [0.1, 0.15) is 5.56 Å². The van der Waals surface area contributed by atoms with Crippen molar-refractivity contribution in [3.63, 3.8) is 0 Å². The van der Waals surface area contributed by atoms with E-state index in [2.05, 4.69) is 5.10 Å². The van der Waals surface area contributed by atoms with Crippen molar-refractivity contribution >= 4 is 17.4 Å². The van der Waals surface area contributed by atoms with Crippen molar-refractivity contribution in [2.45, 2.75) is 6.92 Å². The van der Waals surface area contributed by atoms with E-state index in [1.54, 1.807) is 4.68 Å². The number of benzene rings is 2. The fourth-order valence-corrected chi connectivity index (χ4v) is 2.36. The molecule has 1 heterocycles. The Bertz CT molecular complexity index is 748. The molecule has 0 fully saturated rings. The maximum atomic E-state index is 6.16. The molecule has 3 nitrogen and oxygen atoms in total. The number of nitrogens with two attached hydrogens (primary N) is 1. The molecule has 3 aromatic rings. The van der Waals surface area contributed by atoms with E-state index in [0.717, 1.165) is 27.5 Å².